The molecular formula is C22H21N3O3S. The summed E-state index contributed by atoms with van der Waals surface area (Å²) in [5.41, 5.74) is 6.87. The molecule has 0 saturated carbocycles. The minimum atomic E-state index is -1.26. The number of benzene rings is 1. The summed E-state index contributed by atoms with van der Waals surface area (Å²) in [6.07, 6.45) is 1.88. The number of nitrogens with two attached hydrogens (primary N) is 1. The van der Waals surface area contributed by atoms with Gasteiger partial charge in [-0.15, -0.1) is 11.3 Å². The molecule has 7 heteroatoms. The number of amides is 2. The Morgan fingerprint density at radius 2 is 1.97 bits per heavy atom. The predicted octanol–water partition coefficient (Wildman–Crippen LogP) is 2.75. The Bertz CT molecular complexity index is 990. The van der Waals surface area contributed by atoms with Crippen LogP contribution in [-0.4, -0.2) is 47.0 Å². The van der Waals surface area contributed by atoms with Crippen molar-refractivity contribution >= 4 is 23.2 Å². The Morgan fingerprint density at radius 1 is 1.14 bits per heavy atom. The molecule has 4 rings (SSSR count). The van der Waals surface area contributed by atoms with Gasteiger partial charge in [-0.25, -0.2) is 0 Å². The standard InChI is InChI=1S/C22H21N3O3S/c23-21(27)22(14-16-6-8-17(9-7-16)19-5-3-13-29-19)15-25(11-12-28-22)20(26)18-4-1-2-10-24-18/h1-10,13H,11-12,14-15H2,(H2,23,27). The molecular weight excluding hydrogens is 386 g/mol. The zero-order valence-electron chi connectivity index (χ0n) is 15.8. The van der Waals surface area contributed by atoms with E-state index in [1.165, 1.54) is 4.88 Å². The Morgan fingerprint density at radius 3 is 2.62 bits per heavy atom. The van der Waals surface area contributed by atoms with Crippen LogP contribution >= 0.6 is 11.3 Å². The van der Waals surface area contributed by atoms with Crippen molar-refractivity contribution in [2.45, 2.75) is 12.0 Å². The van der Waals surface area contributed by atoms with E-state index in [2.05, 4.69) is 11.1 Å². The van der Waals surface area contributed by atoms with Gasteiger partial charge < -0.3 is 15.4 Å². The number of rotatable bonds is 5. The van der Waals surface area contributed by atoms with Crippen molar-refractivity contribution in [3.63, 3.8) is 0 Å². The predicted molar refractivity (Wildman–Crippen MR) is 111 cm³/mol. The van der Waals surface area contributed by atoms with Gasteiger partial charge in [0.1, 0.15) is 5.69 Å². The third-order valence-electron chi connectivity index (χ3n) is 5.06. The van der Waals surface area contributed by atoms with Crippen LogP contribution < -0.4 is 5.73 Å². The molecule has 3 aromatic rings. The van der Waals surface area contributed by atoms with Crippen LogP contribution in [0.4, 0.5) is 0 Å². The maximum absolute atomic E-state index is 12.8. The summed E-state index contributed by atoms with van der Waals surface area (Å²) in [6, 6.07) is 17.2. The lowest BCUT2D eigenvalue weighted by Crippen LogP contribution is -2.61. The monoisotopic (exact) mass is 407 g/mol. The van der Waals surface area contributed by atoms with Crippen LogP contribution in [0.25, 0.3) is 10.4 Å². The first-order valence-corrected chi connectivity index (χ1v) is 10.2. The topological polar surface area (TPSA) is 85.5 Å². The van der Waals surface area contributed by atoms with Gasteiger partial charge in [0.25, 0.3) is 11.8 Å². The Labute approximate surface area is 172 Å². The molecule has 2 amide bonds. The van der Waals surface area contributed by atoms with Crippen molar-refractivity contribution < 1.29 is 14.3 Å². The molecule has 1 aliphatic heterocycles. The molecule has 1 saturated heterocycles. The van der Waals surface area contributed by atoms with Gasteiger partial charge in [-0.2, -0.15) is 0 Å². The van der Waals surface area contributed by atoms with Gasteiger partial charge in [-0.05, 0) is 34.7 Å². The molecule has 29 heavy (non-hydrogen) atoms. The first kappa shape index (κ1) is 19.3. The Hall–Kier alpha value is -3.03. The van der Waals surface area contributed by atoms with E-state index in [9.17, 15) is 9.59 Å². The first-order valence-electron chi connectivity index (χ1n) is 9.34. The first-order chi connectivity index (χ1) is 14.1. The van der Waals surface area contributed by atoms with E-state index >= 15 is 0 Å². The van der Waals surface area contributed by atoms with Gasteiger partial charge in [0.15, 0.2) is 5.60 Å². The summed E-state index contributed by atoms with van der Waals surface area (Å²) in [4.78, 5) is 32.1. The highest BCUT2D eigenvalue weighted by Gasteiger charge is 2.44. The van der Waals surface area contributed by atoms with E-state index in [-0.39, 0.29) is 19.1 Å². The van der Waals surface area contributed by atoms with Crippen LogP contribution in [0.3, 0.4) is 0 Å². The molecule has 148 valence electrons. The molecule has 6 nitrogen and oxygen atoms in total. The van der Waals surface area contributed by atoms with Crippen molar-refractivity contribution in [2.24, 2.45) is 5.73 Å². The molecule has 1 aromatic carbocycles. The van der Waals surface area contributed by atoms with Crippen molar-refractivity contribution in [2.75, 3.05) is 19.7 Å². The number of pyridine rings is 1. The van der Waals surface area contributed by atoms with Gasteiger partial charge in [0, 0.05) is 24.0 Å². The van der Waals surface area contributed by atoms with Crippen LogP contribution in [0, 0.1) is 0 Å². The normalized spacial score (nSPS) is 19.1. The number of hydrogen-bond acceptors (Lipinski definition) is 5. The highest BCUT2D eigenvalue weighted by molar-refractivity contribution is 7.13. The number of aromatic nitrogens is 1. The lowest BCUT2D eigenvalue weighted by atomic mass is 9.91. The minimum Gasteiger partial charge on any atom is -0.367 e. The Kier molecular flexibility index (Phi) is 5.42. The molecule has 1 aliphatic rings. The van der Waals surface area contributed by atoms with Crippen LogP contribution in [0.5, 0.6) is 0 Å². The van der Waals surface area contributed by atoms with Crippen molar-refractivity contribution in [3.05, 3.63) is 77.4 Å². The number of carbonyl (C=O) groups excluding carboxylic acids is 2. The summed E-state index contributed by atoms with van der Waals surface area (Å²) >= 11 is 1.67. The molecule has 1 fully saturated rings. The minimum absolute atomic E-state index is 0.102. The molecule has 0 bridgehead atoms. The maximum Gasteiger partial charge on any atom is 0.272 e. The highest BCUT2D eigenvalue weighted by Crippen LogP contribution is 2.28. The van der Waals surface area contributed by atoms with E-state index in [1.807, 2.05) is 35.7 Å². The zero-order valence-corrected chi connectivity index (χ0v) is 16.6. The number of ether oxygens (including phenoxy) is 1. The molecule has 1 atom stereocenters. The SMILES string of the molecule is NC(=O)C1(Cc2ccc(-c3cccs3)cc2)CN(C(=O)c2ccccn2)CCO1. The van der Waals surface area contributed by atoms with Gasteiger partial charge in [-0.1, -0.05) is 36.4 Å². The van der Waals surface area contributed by atoms with E-state index in [4.69, 9.17) is 10.5 Å². The second-order valence-corrected chi connectivity index (χ2v) is 7.95. The molecule has 0 spiro atoms. The largest absolute Gasteiger partial charge is 0.367 e. The zero-order chi connectivity index (χ0) is 20.3. The molecule has 2 aromatic heterocycles. The number of hydrogen-bond donors (Lipinski definition) is 1. The molecule has 0 radical (unpaired) electrons. The lowest BCUT2D eigenvalue weighted by Gasteiger charge is -2.40. The van der Waals surface area contributed by atoms with Gasteiger partial charge in [0.05, 0.1) is 13.2 Å². The van der Waals surface area contributed by atoms with E-state index < -0.39 is 11.5 Å². The third-order valence-corrected chi connectivity index (χ3v) is 5.97. The molecule has 2 N–H and O–H groups in total. The van der Waals surface area contributed by atoms with Gasteiger partial charge in [-0.3, -0.25) is 14.6 Å². The number of primary amides is 1. The maximum atomic E-state index is 12.8. The van der Waals surface area contributed by atoms with Crippen LogP contribution in [0.2, 0.25) is 0 Å². The average Bonchev–Trinajstić information content (AvgIpc) is 3.29. The molecule has 0 aliphatic carbocycles. The van der Waals surface area contributed by atoms with Gasteiger partial charge in [0.2, 0.25) is 0 Å². The quantitative estimate of drug-likeness (QED) is 0.705. The van der Waals surface area contributed by atoms with Crippen LogP contribution in [0.15, 0.2) is 66.2 Å². The third kappa shape index (κ3) is 4.06. The summed E-state index contributed by atoms with van der Waals surface area (Å²) < 4.78 is 5.86. The van der Waals surface area contributed by atoms with Crippen molar-refractivity contribution in [3.8, 4) is 10.4 Å². The van der Waals surface area contributed by atoms with Gasteiger partial charge >= 0.3 is 0 Å². The summed E-state index contributed by atoms with van der Waals surface area (Å²) in [5, 5.41) is 2.04. The van der Waals surface area contributed by atoms with Crippen LogP contribution in [0.1, 0.15) is 16.1 Å². The fourth-order valence-corrected chi connectivity index (χ4v) is 4.24. The fraction of sp³-hybridized carbons (Fsp3) is 0.227. The molecule has 3 heterocycles. The second-order valence-electron chi connectivity index (χ2n) is 7.00. The van der Waals surface area contributed by atoms with Crippen LogP contribution in [-0.2, 0) is 16.0 Å². The van der Waals surface area contributed by atoms with Crippen molar-refractivity contribution in [1.82, 2.24) is 9.88 Å². The van der Waals surface area contributed by atoms with E-state index in [0.29, 0.717) is 18.7 Å². The summed E-state index contributed by atoms with van der Waals surface area (Å²) in [5.74, 6) is -0.800. The number of morpholine rings is 1. The number of nitrogens with zero attached hydrogens (tertiary/aromatic N) is 2. The Balaban J connectivity index is 1.54. The van der Waals surface area contributed by atoms with E-state index in [0.717, 1.165) is 11.1 Å². The summed E-state index contributed by atoms with van der Waals surface area (Å²) in [7, 11) is 0. The highest BCUT2D eigenvalue weighted by atomic mass is 32.1. The number of carbonyl (C=O) groups is 2. The summed E-state index contributed by atoms with van der Waals surface area (Å²) in [6.45, 7) is 0.737. The average molecular weight is 407 g/mol. The molecule has 1 unspecified atom stereocenters. The number of thiophene rings is 1. The lowest BCUT2D eigenvalue weighted by molar-refractivity contribution is -0.153. The van der Waals surface area contributed by atoms with Crippen molar-refractivity contribution in [1.29, 1.82) is 0 Å². The smallest absolute Gasteiger partial charge is 0.272 e. The second kappa shape index (κ2) is 8.14. The fourth-order valence-electron chi connectivity index (χ4n) is 3.51. The van der Waals surface area contributed by atoms with E-state index in [1.54, 1.807) is 40.6 Å².